The number of hydrogen-bond acceptors (Lipinski definition) is 3. The summed E-state index contributed by atoms with van der Waals surface area (Å²) in [4.78, 5) is 14.6. The molecule has 1 aromatic rings. The average molecular weight is 262 g/mol. The summed E-state index contributed by atoms with van der Waals surface area (Å²) in [5.74, 6) is 0.0709. The summed E-state index contributed by atoms with van der Waals surface area (Å²) in [6.45, 7) is 1.71. The zero-order valence-corrected chi connectivity index (χ0v) is 11.3. The van der Waals surface area contributed by atoms with E-state index in [9.17, 15) is 4.79 Å². The fourth-order valence-electron chi connectivity index (χ4n) is 3.27. The van der Waals surface area contributed by atoms with Gasteiger partial charge in [-0.25, -0.2) is 0 Å². The number of amides is 1. The maximum Gasteiger partial charge on any atom is 0.274 e. The van der Waals surface area contributed by atoms with Crippen molar-refractivity contribution in [2.45, 2.75) is 51.0 Å². The molecule has 2 heterocycles. The molecule has 1 amide bonds. The lowest BCUT2D eigenvalue weighted by Gasteiger charge is -2.27. The van der Waals surface area contributed by atoms with Gasteiger partial charge in [0.2, 0.25) is 0 Å². The van der Waals surface area contributed by atoms with E-state index in [0.717, 1.165) is 38.8 Å². The molecule has 2 aliphatic rings. The number of nitrogens with two attached hydrogens (primary N) is 1. The van der Waals surface area contributed by atoms with E-state index in [-0.39, 0.29) is 5.91 Å². The summed E-state index contributed by atoms with van der Waals surface area (Å²) in [5.41, 5.74) is 7.14. The van der Waals surface area contributed by atoms with Crippen LogP contribution in [0.15, 0.2) is 6.20 Å². The van der Waals surface area contributed by atoms with Gasteiger partial charge in [0.05, 0.1) is 17.9 Å². The number of anilines is 1. The van der Waals surface area contributed by atoms with Crippen molar-refractivity contribution in [1.82, 2.24) is 14.7 Å². The molecule has 0 unspecified atom stereocenters. The number of carbonyl (C=O) groups excluding carboxylic acids is 1. The monoisotopic (exact) mass is 262 g/mol. The highest BCUT2D eigenvalue weighted by atomic mass is 16.2. The van der Waals surface area contributed by atoms with Crippen LogP contribution in [0.25, 0.3) is 0 Å². The molecule has 2 fully saturated rings. The van der Waals surface area contributed by atoms with Gasteiger partial charge in [0.1, 0.15) is 5.69 Å². The number of hydrogen-bond donors (Lipinski definition) is 1. The van der Waals surface area contributed by atoms with Crippen molar-refractivity contribution in [2.24, 2.45) is 0 Å². The molecule has 0 spiro atoms. The standard InChI is InChI=1S/C14H22N4O/c15-12-10-16-18(11-6-2-3-7-11)13(12)14(19)17-8-4-1-5-9-17/h10-11H,1-9,15H2. The molecular formula is C14H22N4O. The van der Waals surface area contributed by atoms with Crippen LogP contribution in [0.2, 0.25) is 0 Å². The maximum absolute atomic E-state index is 12.6. The van der Waals surface area contributed by atoms with Gasteiger partial charge >= 0.3 is 0 Å². The molecule has 1 aliphatic carbocycles. The highest BCUT2D eigenvalue weighted by Crippen LogP contribution is 2.32. The van der Waals surface area contributed by atoms with E-state index in [1.165, 1.54) is 19.3 Å². The highest BCUT2D eigenvalue weighted by Gasteiger charge is 2.28. The number of aromatic nitrogens is 2. The first-order valence-corrected chi connectivity index (χ1v) is 7.39. The predicted molar refractivity (Wildman–Crippen MR) is 73.9 cm³/mol. The van der Waals surface area contributed by atoms with Gasteiger partial charge in [-0.05, 0) is 32.1 Å². The van der Waals surface area contributed by atoms with Crippen molar-refractivity contribution < 1.29 is 4.79 Å². The summed E-state index contributed by atoms with van der Waals surface area (Å²) in [6.07, 6.45) is 9.73. The average Bonchev–Trinajstić information content (AvgIpc) is 3.08. The Labute approximate surface area is 113 Å². The fourth-order valence-corrected chi connectivity index (χ4v) is 3.27. The van der Waals surface area contributed by atoms with E-state index in [2.05, 4.69) is 5.10 Å². The lowest BCUT2D eigenvalue weighted by Crippen LogP contribution is -2.37. The topological polar surface area (TPSA) is 64.1 Å². The van der Waals surface area contributed by atoms with Crippen LogP contribution in [-0.4, -0.2) is 33.7 Å². The van der Waals surface area contributed by atoms with Crippen molar-refractivity contribution in [2.75, 3.05) is 18.8 Å². The van der Waals surface area contributed by atoms with Crippen LogP contribution in [-0.2, 0) is 0 Å². The Morgan fingerprint density at radius 1 is 1.16 bits per heavy atom. The van der Waals surface area contributed by atoms with Crippen molar-refractivity contribution in [3.8, 4) is 0 Å². The van der Waals surface area contributed by atoms with Crippen LogP contribution in [0, 0.1) is 0 Å². The van der Waals surface area contributed by atoms with E-state index in [1.807, 2.05) is 9.58 Å². The van der Waals surface area contributed by atoms with Gasteiger partial charge in [-0.15, -0.1) is 0 Å². The van der Waals surface area contributed by atoms with Gasteiger partial charge in [0.15, 0.2) is 0 Å². The molecule has 1 aromatic heterocycles. The molecule has 104 valence electrons. The van der Waals surface area contributed by atoms with Crippen molar-refractivity contribution in [1.29, 1.82) is 0 Å². The third kappa shape index (κ3) is 2.33. The molecule has 1 saturated heterocycles. The molecule has 0 bridgehead atoms. The zero-order valence-electron chi connectivity index (χ0n) is 11.3. The number of nitrogen functional groups attached to an aromatic ring is 1. The van der Waals surface area contributed by atoms with Crippen LogP contribution in [0.5, 0.6) is 0 Å². The Bertz CT molecular complexity index is 456. The van der Waals surface area contributed by atoms with Gasteiger partial charge in [-0.2, -0.15) is 5.10 Å². The largest absolute Gasteiger partial charge is 0.396 e. The number of nitrogens with zero attached hydrogens (tertiary/aromatic N) is 3. The zero-order chi connectivity index (χ0) is 13.2. The third-order valence-electron chi connectivity index (χ3n) is 4.34. The van der Waals surface area contributed by atoms with Crippen molar-refractivity contribution in [3.05, 3.63) is 11.9 Å². The Morgan fingerprint density at radius 2 is 1.84 bits per heavy atom. The molecule has 5 nitrogen and oxygen atoms in total. The smallest absolute Gasteiger partial charge is 0.274 e. The predicted octanol–water partition coefficient (Wildman–Crippen LogP) is 2.21. The molecule has 2 N–H and O–H groups in total. The molecule has 3 rings (SSSR count). The Kier molecular flexibility index (Phi) is 3.44. The molecule has 0 radical (unpaired) electrons. The van der Waals surface area contributed by atoms with E-state index in [1.54, 1.807) is 6.20 Å². The second-order valence-electron chi connectivity index (χ2n) is 5.68. The van der Waals surface area contributed by atoms with E-state index in [4.69, 9.17) is 5.73 Å². The lowest BCUT2D eigenvalue weighted by molar-refractivity contribution is 0.0710. The summed E-state index contributed by atoms with van der Waals surface area (Å²) < 4.78 is 1.89. The molecular weight excluding hydrogens is 240 g/mol. The number of likely N-dealkylation sites (tertiary alicyclic amines) is 1. The quantitative estimate of drug-likeness (QED) is 0.888. The van der Waals surface area contributed by atoms with Crippen LogP contribution in [0.4, 0.5) is 5.69 Å². The first kappa shape index (κ1) is 12.5. The van der Waals surface area contributed by atoms with Crippen LogP contribution in [0.3, 0.4) is 0 Å². The summed E-state index contributed by atoms with van der Waals surface area (Å²) in [6, 6.07) is 0.362. The van der Waals surface area contributed by atoms with Crippen LogP contribution < -0.4 is 5.73 Å². The van der Waals surface area contributed by atoms with Crippen molar-refractivity contribution in [3.63, 3.8) is 0 Å². The lowest BCUT2D eigenvalue weighted by atomic mass is 10.1. The first-order valence-electron chi connectivity index (χ1n) is 7.39. The Hall–Kier alpha value is -1.52. The Morgan fingerprint density at radius 3 is 2.53 bits per heavy atom. The molecule has 19 heavy (non-hydrogen) atoms. The summed E-state index contributed by atoms with van der Waals surface area (Å²) >= 11 is 0. The first-order chi connectivity index (χ1) is 9.27. The van der Waals surface area contributed by atoms with Gasteiger partial charge in [-0.1, -0.05) is 12.8 Å². The second kappa shape index (κ2) is 5.23. The van der Waals surface area contributed by atoms with Crippen LogP contribution in [0.1, 0.15) is 61.5 Å². The van der Waals surface area contributed by atoms with Crippen molar-refractivity contribution >= 4 is 11.6 Å². The second-order valence-corrected chi connectivity index (χ2v) is 5.68. The molecule has 5 heteroatoms. The van der Waals surface area contributed by atoms with Gasteiger partial charge < -0.3 is 10.6 Å². The third-order valence-corrected chi connectivity index (χ3v) is 4.34. The minimum Gasteiger partial charge on any atom is -0.396 e. The molecule has 0 aromatic carbocycles. The minimum atomic E-state index is 0.0709. The number of carbonyl (C=O) groups is 1. The van der Waals surface area contributed by atoms with Gasteiger partial charge in [0.25, 0.3) is 5.91 Å². The fraction of sp³-hybridized carbons (Fsp3) is 0.714. The number of rotatable bonds is 2. The van der Waals surface area contributed by atoms with E-state index < -0.39 is 0 Å². The highest BCUT2D eigenvalue weighted by molar-refractivity contribution is 5.97. The molecule has 1 saturated carbocycles. The summed E-state index contributed by atoms with van der Waals surface area (Å²) in [7, 11) is 0. The Balaban J connectivity index is 1.86. The SMILES string of the molecule is Nc1cnn(C2CCCC2)c1C(=O)N1CCCCC1. The van der Waals surface area contributed by atoms with Gasteiger partial charge in [0, 0.05) is 13.1 Å². The number of piperidine rings is 1. The minimum absolute atomic E-state index is 0.0709. The van der Waals surface area contributed by atoms with Crippen LogP contribution >= 0.6 is 0 Å². The molecule has 1 aliphatic heterocycles. The van der Waals surface area contributed by atoms with E-state index in [0.29, 0.717) is 17.4 Å². The summed E-state index contributed by atoms with van der Waals surface area (Å²) in [5, 5.41) is 4.36. The maximum atomic E-state index is 12.6. The normalized spacial score (nSPS) is 20.9. The van der Waals surface area contributed by atoms with E-state index >= 15 is 0 Å². The van der Waals surface area contributed by atoms with Gasteiger partial charge in [-0.3, -0.25) is 9.48 Å². The molecule has 0 atom stereocenters.